The summed E-state index contributed by atoms with van der Waals surface area (Å²) in [5.74, 6) is -0.875. The van der Waals surface area contributed by atoms with Crippen LogP contribution in [0.5, 0.6) is 0 Å². The molecule has 1 heterocycles. The molecule has 4 amide bonds. The Bertz CT molecular complexity index is 971. The first kappa shape index (κ1) is 20.9. The highest BCUT2D eigenvalue weighted by Crippen LogP contribution is 2.38. The highest BCUT2D eigenvalue weighted by molar-refractivity contribution is 9.09. The van der Waals surface area contributed by atoms with Crippen LogP contribution in [0.3, 0.4) is 0 Å². The topological polar surface area (TPSA) is 69.7 Å². The maximum atomic E-state index is 13.3. The average Bonchev–Trinajstić information content (AvgIpc) is 2.72. The Kier molecular flexibility index (Phi) is 6.11. The zero-order chi connectivity index (χ0) is 21.3. The zero-order valence-corrected chi connectivity index (χ0v) is 18.5. The van der Waals surface area contributed by atoms with Gasteiger partial charge in [-0.05, 0) is 49.6 Å². The van der Waals surface area contributed by atoms with Crippen LogP contribution in [0.1, 0.15) is 19.3 Å². The summed E-state index contributed by atoms with van der Waals surface area (Å²) in [6.45, 7) is -0.129. The van der Waals surface area contributed by atoms with Gasteiger partial charge in [0.1, 0.15) is 6.54 Å². The van der Waals surface area contributed by atoms with E-state index in [1.54, 1.807) is 48.5 Å². The quantitative estimate of drug-likeness (QED) is 0.633. The number of halogens is 2. The van der Waals surface area contributed by atoms with Crippen molar-refractivity contribution in [3.8, 4) is 0 Å². The SMILES string of the molecule is O=C(CN1C(=O)N(c2ccccc2)C(=O)C2CC(Br)CCC21)Nc1cccc(Cl)c1. The summed E-state index contributed by atoms with van der Waals surface area (Å²) < 4.78 is 0. The van der Waals surface area contributed by atoms with E-state index in [1.165, 1.54) is 9.80 Å². The van der Waals surface area contributed by atoms with E-state index in [4.69, 9.17) is 11.6 Å². The van der Waals surface area contributed by atoms with Gasteiger partial charge < -0.3 is 10.2 Å². The number of rotatable bonds is 4. The summed E-state index contributed by atoms with van der Waals surface area (Å²) in [5.41, 5.74) is 1.08. The number of anilines is 2. The zero-order valence-electron chi connectivity index (χ0n) is 16.1. The van der Waals surface area contributed by atoms with Crippen LogP contribution in [0.25, 0.3) is 0 Å². The van der Waals surface area contributed by atoms with Gasteiger partial charge in [0.25, 0.3) is 0 Å². The molecular formula is C22H21BrClN3O3. The molecule has 156 valence electrons. The first-order valence-electron chi connectivity index (χ1n) is 9.83. The Hall–Kier alpha value is -2.38. The van der Waals surface area contributed by atoms with Gasteiger partial charge in [0.2, 0.25) is 11.8 Å². The molecule has 2 fully saturated rings. The van der Waals surface area contributed by atoms with E-state index in [0.29, 0.717) is 29.2 Å². The Morgan fingerprint density at radius 2 is 1.87 bits per heavy atom. The molecule has 0 radical (unpaired) electrons. The highest BCUT2D eigenvalue weighted by Gasteiger charge is 2.49. The molecule has 2 aromatic carbocycles. The van der Waals surface area contributed by atoms with Crippen molar-refractivity contribution in [1.29, 1.82) is 0 Å². The number of imide groups is 1. The third-order valence-electron chi connectivity index (χ3n) is 5.56. The molecular weight excluding hydrogens is 470 g/mol. The Morgan fingerprint density at radius 3 is 2.60 bits per heavy atom. The fourth-order valence-corrected chi connectivity index (χ4v) is 5.05. The fraction of sp³-hybridized carbons (Fsp3) is 0.318. The van der Waals surface area contributed by atoms with Crippen LogP contribution in [0.4, 0.5) is 16.2 Å². The molecule has 2 aromatic rings. The summed E-state index contributed by atoms with van der Waals surface area (Å²) >= 11 is 9.61. The molecule has 30 heavy (non-hydrogen) atoms. The molecule has 3 atom stereocenters. The van der Waals surface area contributed by atoms with Crippen molar-refractivity contribution in [2.24, 2.45) is 5.92 Å². The molecule has 1 aliphatic carbocycles. The predicted molar refractivity (Wildman–Crippen MR) is 120 cm³/mol. The van der Waals surface area contributed by atoms with Gasteiger partial charge in [-0.3, -0.25) is 9.59 Å². The Labute approximate surface area is 188 Å². The monoisotopic (exact) mass is 489 g/mol. The minimum atomic E-state index is -0.457. The van der Waals surface area contributed by atoms with Gasteiger partial charge in [-0.1, -0.05) is 51.8 Å². The Balaban J connectivity index is 1.60. The second kappa shape index (κ2) is 8.78. The number of benzene rings is 2. The van der Waals surface area contributed by atoms with Gasteiger partial charge in [-0.2, -0.15) is 0 Å². The minimum Gasteiger partial charge on any atom is -0.324 e. The van der Waals surface area contributed by atoms with Gasteiger partial charge in [0.15, 0.2) is 0 Å². The van der Waals surface area contributed by atoms with Crippen molar-refractivity contribution in [1.82, 2.24) is 4.90 Å². The summed E-state index contributed by atoms with van der Waals surface area (Å²) in [7, 11) is 0. The first-order chi connectivity index (χ1) is 14.4. The van der Waals surface area contributed by atoms with Crippen molar-refractivity contribution < 1.29 is 14.4 Å². The lowest BCUT2D eigenvalue weighted by Gasteiger charge is -2.47. The van der Waals surface area contributed by atoms with Crippen LogP contribution in [0.15, 0.2) is 54.6 Å². The van der Waals surface area contributed by atoms with Gasteiger partial charge in [-0.25, -0.2) is 9.69 Å². The summed E-state index contributed by atoms with van der Waals surface area (Å²) in [6.07, 6.45) is 2.15. The molecule has 0 spiro atoms. The molecule has 0 bridgehead atoms. The van der Waals surface area contributed by atoms with E-state index < -0.39 is 6.03 Å². The van der Waals surface area contributed by atoms with Crippen LogP contribution >= 0.6 is 27.5 Å². The van der Waals surface area contributed by atoms with Crippen molar-refractivity contribution in [3.05, 3.63) is 59.6 Å². The summed E-state index contributed by atoms with van der Waals surface area (Å²) in [5, 5.41) is 3.30. The molecule has 1 saturated carbocycles. The number of urea groups is 1. The largest absolute Gasteiger partial charge is 0.332 e. The van der Waals surface area contributed by atoms with Crippen molar-refractivity contribution in [3.63, 3.8) is 0 Å². The molecule has 1 aliphatic heterocycles. The minimum absolute atomic E-state index is 0.129. The van der Waals surface area contributed by atoms with Crippen LogP contribution < -0.4 is 10.2 Å². The standard InChI is InChI=1S/C22H21BrClN3O3/c23-14-9-10-19-18(11-14)21(29)27(17-7-2-1-3-8-17)22(30)26(19)13-20(28)25-16-6-4-5-15(24)12-16/h1-8,12,14,18-19H,9-11,13H2,(H,25,28). The van der Waals surface area contributed by atoms with Gasteiger partial charge >= 0.3 is 6.03 Å². The van der Waals surface area contributed by atoms with Gasteiger partial charge in [-0.15, -0.1) is 0 Å². The van der Waals surface area contributed by atoms with Gasteiger partial charge in [0.05, 0.1) is 11.6 Å². The maximum absolute atomic E-state index is 13.3. The predicted octanol–water partition coefficient (Wildman–Crippen LogP) is 4.68. The number of para-hydroxylation sites is 1. The maximum Gasteiger partial charge on any atom is 0.332 e. The summed E-state index contributed by atoms with van der Waals surface area (Å²) in [4.78, 5) is 42.3. The number of hydrogen-bond acceptors (Lipinski definition) is 3. The fourth-order valence-electron chi connectivity index (χ4n) is 4.19. The van der Waals surface area contributed by atoms with Gasteiger partial charge in [0, 0.05) is 21.6 Å². The molecule has 0 aromatic heterocycles. The number of carbonyl (C=O) groups excluding carboxylic acids is 3. The molecule has 1 N–H and O–H groups in total. The van der Waals surface area contributed by atoms with E-state index in [1.807, 2.05) is 6.07 Å². The van der Waals surface area contributed by atoms with E-state index in [0.717, 1.165) is 6.42 Å². The van der Waals surface area contributed by atoms with E-state index in [2.05, 4.69) is 21.2 Å². The number of nitrogens with one attached hydrogen (secondary N) is 1. The molecule has 1 saturated heterocycles. The van der Waals surface area contributed by atoms with Crippen LogP contribution in [0, 0.1) is 5.92 Å². The lowest BCUT2D eigenvalue weighted by molar-refractivity contribution is -0.128. The number of carbonyl (C=O) groups is 3. The highest BCUT2D eigenvalue weighted by atomic mass is 79.9. The molecule has 6 nitrogen and oxygen atoms in total. The van der Waals surface area contributed by atoms with E-state index in [9.17, 15) is 14.4 Å². The molecule has 8 heteroatoms. The molecule has 3 unspecified atom stereocenters. The molecule has 4 rings (SSSR count). The number of fused-ring (bicyclic) bond motifs is 1. The molecule has 2 aliphatic rings. The van der Waals surface area contributed by atoms with Crippen LogP contribution in [0.2, 0.25) is 5.02 Å². The lowest BCUT2D eigenvalue weighted by Crippen LogP contribution is -2.64. The smallest absolute Gasteiger partial charge is 0.324 e. The van der Waals surface area contributed by atoms with E-state index in [-0.39, 0.29) is 35.1 Å². The lowest BCUT2D eigenvalue weighted by atomic mass is 9.81. The van der Waals surface area contributed by atoms with Crippen LogP contribution in [-0.2, 0) is 9.59 Å². The number of alkyl halides is 1. The van der Waals surface area contributed by atoms with Crippen LogP contribution in [-0.4, -0.2) is 40.2 Å². The van der Waals surface area contributed by atoms with Crippen molar-refractivity contribution >= 4 is 56.8 Å². The number of nitrogens with zero attached hydrogens (tertiary/aromatic N) is 2. The average molecular weight is 491 g/mol. The third-order valence-corrected chi connectivity index (χ3v) is 6.63. The van der Waals surface area contributed by atoms with E-state index >= 15 is 0 Å². The first-order valence-corrected chi connectivity index (χ1v) is 11.1. The second-order valence-electron chi connectivity index (χ2n) is 7.56. The summed E-state index contributed by atoms with van der Waals surface area (Å²) in [6, 6.07) is 15.0. The number of amides is 4. The van der Waals surface area contributed by atoms with Crippen molar-refractivity contribution in [2.75, 3.05) is 16.8 Å². The van der Waals surface area contributed by atoms with Crippen molar-refractivity contribution in [2.45, 2.75) is 30.1 Å². The Morgan fingerprint density at radius 1 is 1.10 bits per heavy atom. The second-order valence-corrected chi connectivity index (χ2v) is 9.29. The normalized spacial score (nSPS) is 23.9. The third kappa shape index (κ3) is 4.23. The number of hydrogen-bond donors (Lipinski definition) is 1.